The third-order valence-corrected chi connectivity index (χ3v) is 2.65. The lowest BCUT2D eigenvalue weighted by Crippen LogP contribution is -1.97. The van der Waals surface area contributed by atoms with Gasteiger partial charge in [-0.3, -0.25) is 0 Å². The van der Waals surface area contributed by atoms with Crippen LogP contribution < -0.4 is 0 Å². The van der Waals surface area contributed by atoms with E-state index in [9.17, 15) is 4.79 Å². The van der Waals surface area contributed by atoms with E-state index in [1.807, 2.05) is 19.1 Å². The van der Waals surface area contributed by atoms with E-state index in [4.69, 9.17) is 10.4 Å². The van der Waals surface area contributed by atoms with E-state index in [0.29, 0.717) is 5.56 Å². The van der Waals surface area contributed by atoms with Crippen LogP contribution in [0.5, 0.6) is 0 Å². The van der Waals surface area contributed by atoms with Gasteiger partial charge in [0.2, 0.25) is 0 Å². The molecule has 3 heteroatoms. The molecule has 0 bridgehead atoms. The summed E-state index contributed by atoms with van der Waals surface area (Å²) < 4.78 is 0. The standard InChI is InChI=1S/C15H11NO2/c1-10-5-13(8-14(6-10)15(17)18)12-4-2-3-11(7-12)9-16/h2-8H,1H3,(H,17,18). The van der Waals surface area contributed by atoms with Crippen LogP contribution in [0, 0.1) is 18.3 Å². The largest absolute Gasteiger partial charge is 0.478 e. The predicted octanol–water partition coefficient (Wildman–Crippen LogP) is 3.23. The minimum Gasteiger partial charge on any atom is -0.478 e. The molecule has 0 atom stereocenters. The fourth-order valence-corrected chi connectivity index (χ4v) is 1.84. The summed E-state index contributed by atoms with van der Waals surface area (Å²) in [6.45, 7) is 1.85. The molecular weight excluding hydrogens is 226 g/mol. The first-order valence-corrected chi connectivity index (χ1v) is 5.45. The molecule has 0 aromatic heterocycles. The second-order valence-corrected chi connectivity index (χ2v) is 4.09. The van der Waals surface area contributed by atoms with Crippen molar-refractivity contribution in [2.75, 3.05) is 0 Å². The van der Waals surface area contributed by atoms with Gasteiger partial charge >= 0.3 is 5.97 Å². The topological polar surface area (TPSA) is 61.1 Å². The zero-order valence-electron chi connectivity index (χ0n) is 9.84. The zero-order chi connectivity index (χ0) is 13.1. The van der Waals surface area contributed by atoms with E-state index in [1.54, 1.807) is 30.3 Å². The quantitative estimate of drug-likeness (QED) is 0.872. The fourth-order valence-electron chi connectivity index (χ4n) is 1.84. The Morgan fingerprint density at radius 2 is 1.94 bits per heavy atom. The number of nitrogens with zero attached hydrogens (tertiary/aromatic N) is 1. The summed E-state index contributed by atoms with van der Waals surface area (Å²) in [6, 6.07) is 14.3. The maximum absolute atomic E-state index is 11.0. The van der Waals surface area contributed by atoms with E-state index >= 15 is 0 Å². The number of hydrogen-bond donors (Lipinski definition) is 1. The van der Waals surface area contributed by atoms with Crippen LogP contribution in [0.4, 0.5) is 0 Å². The van der Waals surface area contributed by atoms with E-state index in [0.717, 1.165) is 16.7 Å². The maximum atomic E-state index is 11.0. The molecule has 0 aliphatic carbocycles. The first kappa shape index (κ1) is 11.9. The molecule has 18 heavy (non-hydrogen) atoms. The molecule has 0 spiro atoms. The molecule has 2 aromatic rings. The molecule has 0 aliphatic rings. The zero-order valence-corrected chi connectivity index (χ0v) is 9.84. The third-order valence-electron chi connectivity index (χ3n) is 2.65. The molecule has 0 saturated carbocycles. The second kappa shape index (κ2) is 4.72. The molecule has 0 saturated heterocycles. The van der Waals surface area contributed by atoms with Crippen molar-refractivity contribution >= 4 is 5.97 Å². The minimum atomic E-state index is -0.948. The smallest absolute Gasteiger partial charge is 0.335 e. The van der Waals surface area contributed by atoms with Gasteiger partial charge in [0.1, 0.15) is 0 Å². The van der Waals surface area contributed by atoms with Gasteiger partial charge in [0, 0.05) is 0 Å². The monoisotopic (exact) mass is 237 g/mol. The highest BCUT2D eigenvalue weighted by molar-refractivity contribution is 5.89. The number of carbonyl (C=O) groups is 1. The van der Waals surface area contributed by atoms with Gasteiger partial charge in [-0.05, 0) is 47.9 Å². The molecule has 1 N–H and O–H groups in total. The molecule has 0 heterocycles. The predicted molar refractivity (Wildman–Crippen MR) is 68.3 cm³/mol. The highest BCUT2D eigenvalue weighted by atomic mass is 16.4. The van der Waals surface area contributed by atoms with Crippen LogP contribution in [0.15, 0.2) is 42.5 Å². The number of carboxylic acid groups (broad SMARTS) is 1. The molecule has 0 amide bonds. The Labute approximate surface area is 105 Å². The van der Waals surface area contributed by atoms with Gasteiger partial charge < -0.3 is 5.11 Å². The molecule has 3 nitrogen and oxygen atoms in total. The number of nitriles is 1. The Hall–Kier alpha value is -2.60. The average Bonchev–Trinajstić information content (AvgIpc) is 2.38. The number of aromatic carboxylic acids is 1. The van der Waals surface area contributed by atoms with Crippen molar-refractivity contribution in [1.29, 1.82) is 5.26 Å². The molecule has 2 rings (SSSR count). The van der Waals surface area contributed by atoms with Gasteiger partial charge in [-0.15, -0.1) is 0 Å². The fraction of sp³-hybridized carbons (Fsp3) is 0.0667. The Morgan fingerprint density at radius 3 is 2.61 bits per heavy atom. The first-order valence-electron chi connectivity index (χ1n) is 5.45. The third kappa shape index (κ3) is 2.38. The summed E-state index contributed by atoms with van der Waals surface area (Å²) >= 11 is 0. The molecule has 88 valence electrons. The van der Waals surface area contributed by atoms with Gasteiger partial charge in [-0.25, -0.2) is 4.79 Å². The molecule has 0 aliphatic heterocycles. The Bertz CT molecular complexity index is 654. The molecule has 0 radical (unpaired) electrons. The van der Waals surface area contributed by atoms with Crippen LogP contribution in [-0.2, 0) is 0 Å². The highest BCUT2D eigenvalue weighted by Gasteiger charge is 2.07. The lowest BCUT2D eigenvalue weighted by molar-refractivity contribution is 0.0697. The molecular formula is C15H11NO2. The van der Waals surface area contributed by atoms with Gasteiger partial charge in [-0.2, -0.15) is 5.26 Å². The summed E-state index contributed by atoms with van der Waals surface area (Å²) in [6.07, 6.45) is 0. The summed E-state index contributed by atoms with van der Waals surface area (Å²) in [7, 11) is 0. The van der Waals surface area contributed by atoms with E-state index in [-0.39, 0.29) is 5.56 Å². The summed E-state index contributed by atoms with van der Waals surface area (Å²) in [5.41, 5.74) is 3.36. The first-order chi connectivity index (χ1) is 8.60. The van der Waals surface area contributed by atoms with Gasteiger partial charge in [-0.1, -0.05) is 18.2 Å². The molecule has 2 aromatic carbocycles. The van der Waals surface area contributed by atoms with Crippen LogP contribution in [-0.4, -0.2) is 11.1 Å². The van der Waals surface area contributed by atoms with Crippen LogP contribution in [0.25, 0.3) is 11.1 Å². The molecule has 0 fully saturated rings. The number of benzene rings is 2. The lowest BCUT2D eigenvalue weighted by Gasteiger charge is -2.05. The van der Waals surface area contributed by atoms with Crippen LogP contribution >= 0.6 is 0 Å². The normalized spacial score (nSPS) is 9.78. The second-order valence-electron chi connectivity index (χ2n) is 4.09. The van der Waals surface area contributed by atoms with Gasteiger partial charge in [0.25, 0.3) is 0 Å². The van der Waals surface area contributed by atoms with E-state index < -0.39 is 5.97 Å². The van der Waals surface area contributed by atoms with Crippen LogP contribution in [0.1, 0.15) is 21.5 Å². The Kier molecular flexibility index (Phi) is 3.11. The van der Waals surface area contributed by atoms with Crippen molar-refractivity contribution in [2.45, 2.75) is 6.92 Å². The number of rotatable bonds is 2. The van der Waals surface area contributed by atoms with E-state index in [1.165, 1.54) is 0 Å². The van der Waals surface area contributed by atoms with E-state index in [2.05, 4.69) is 6.07 Å². The number of hydrogen-bond acceptors (Lipinski definition) is 2. The molecule has 0 unspecified atom stereocenters. The van der Waals surface area contributed by atoms with Crippen LogP contribution in [0.2, 0.25) is 0 Å². The Balaban J connectivity index is 2.57. The van der Waals surface area contributed by atoms with Crippen molar-refractivity contribution in [3.63, 3.8) is 0 Å². The number of carboxylic acids is 1. The van der Waals surface area contributed by atoms with Crippen molar-refractivity contribution in [1.82, 2.24) is 0 Å². The maximum Gasteiger partial charge on any atom is 0.335 e. The average molecular weight is 237 g/mol. The van der Waals surface area contributed by atoms with Crippen molar-refractivity contribution in [2.24, 2.45) is 0 Å². The SMILES string of the molecule is Cc1cc(C(=O)O)cc(-c2cccc(C#N)c2)c1. The van der Waals surface area contributed by atoms with Crippen LogP contribution in [0.3, 0.4) is 0 Å². The van der Waals surface area contributed by atoms with Gasteiger partial charge in [0.05, 0.1) is 17.2 Å². The Morgan fingerprint density at radius 1 is 1.17 bits per heavy atom. The summed E-state index contributed by atoms with van der Waals surface area (Å²) in [4.78, 5) is 11.0. The highest BCUT2D eigenvalue weighted by Crippen LogP contribution is 2.23. The van der Waals surface area contributed by atoms with Gasteiger partial charge in [0.15, 0.2) is 0 Å². The lowest BCUT2D eigenvalue weighted by atomic mass is 9.99. The summed E-state index contributed by atoms with van der Waals surface area (Å²) in [5, 5.41) is 17.9. The minimum absolute atomic E-state index is 0.257. The van der Waals surface area contributed by atoms with Crippen molar-refractivity contribution < 1.29 is 9.90 Å². The van der Waals surface area contributed by atoms with Crippen molar-refractivity contribution in [3.8, 4) is 17.2 Å². The number of aryl methyl sites for hydroxylation is 1. The van der Waals surface area contributed by atoms with Crippen molar-refractivity contribution in [3.05, 3.63) is 59.2 Å². The summed E-state index contributed by atoms with van der Waals surface area (Å²) in [5.74, 6) is -0.948.